The molecular weight excluding hydrogens is 266 g/mol. The summed E-state index contributed by atoms with van der Waals surface area (Å²) in [4.78, 5) is 2.19. The maximum absolute atomic E-state index is 10.4. The molecule has 1 aromatic rings. The van der Waals surface area contributed by atoms with E-state index >= 15 is 0 Å². The van der Waals surface area contributed by atoms with E-state index in [0.29, 0.717) is 19.8 Å². The fourth-order valence-electron chi connectivity index (χ4n) is 2.11. The van der Waals surface area contributed by atoms with Crippen LogP contribution in [0.1, 0.15) is 31.1 Å². The maximum atomic E-state index is 10.4. The number of hydrogen-bond acceptors (Lipinski definition) is 4. The van der Waals surface area contributed by atoms with E-state index in [1.807, 2.05) is 45.0 Å². The number of hydrogen-bond donors (Lipinski definition) is 1. The lowest BCUT2D eigenvalue weighted by atomic mass is 10.1. The summed E-state index contributed by atoms with van der Waals surface area (Å²) in [5, 5.41) is 10.4. The molecule has 1 N–H and O–H groups in total. The molecule has 21 heavy (non-hydrogen) atoms. The third kappa shape index (κ3) is 7.58. The molecule has 0 aliphatic heterocycles. The quantitative estimate of drug-likeness (QED) is 0.637. The molecule has 0 aromatic heterocycles. The van der Waals surface area contributed by atoms with Gasteiger partial charge in [-0.2, -0.15) is 0 Å². The van der Waals surface area contributed by atoms with Gasteiger partial charge in [-0.1, -0.05) is 29.8 Å². The molecule has 4 heteroatoms. The molecule has 0 aliphatic rings. The van der Waals surface area contributed by atoms with Gasteiger partial charge in [-0.15, -0.1) is 0 Å². The van der Waals surface area contributed by atoms with Crippen LogP contribution >= 0.6 is 0 Å². The third-order valence-electron chi connectivity index (χ3n) is 3.41. The number of aryl methyl sites for hydroxylation is 1. The summed E-state index contributed by atoms with van der Waals surface area (Å²) in [6, 6.07) is 8.04. The Morgan fingerprint density at radius 3 is 2.00 bits per heavy atom. The van der Waals surface area contributed by atoms with Crippen molar-refractivity contribution in [3.63, 3.8) is 0 Å². The Kier molecular flexibility index (Phi) is 9.26. The molecule has 0 saturated heterocycles. The highest BCUT2D eigenvalue weighted by molar-refractivity contribution is 5.23. The normalized spacial score (nSPS) is 12.8. The van der Waals surface area contributed by atoms with Crippen LogP contribution < -0.4 is 0 Å². The number of aliphatic hydroxyl groups is 1. The lowest BCUT2D eigenvalue weighted by molar-refractivity contribution is 0.0533. The van der Waals surface area contributed by atoms with Gasteiger partial charge >= 0.3 is 0 Å². The second-order valence-corrected chi connectivity index (χ2v) is 5.12. The van der Waals surface area contributed by atoms with Crippen molar-refractivity contribution >= 4 is 0 Å². The first-order chi connectivity index (χ1) is 10.2. The molecule has 0 aliphatic carbocycles. The lowest BCUT2D eigenvalue weighted by Gasteiger charge is -2.25. The van der Waals surface area contributed by atoms with Gasteiger partial charge < -0.3 is 14.6 Å². The zero-order chi connectivity index (χ0) is 15.5. The Morgan fingerprint density at radius 2 is 1.52 bits per heavy atom. The highest BCUT2D eigenvalue weighted by atomic mass is 16.5. The van der Waals surface area contributed by atoms with E-state index in [4.69, 9.17) is 9.47 Å². The summed E-state index contributed by atoms with van der Waals surface area (Å²) < 4.78 is 10.8. The lowest BCUT2D eigenvalue weighted by Crippen LogP contribution is -2.34. The average molecular weight is 295 g/mol. The van der Waals surface area contributed by atoms with Gasteiger partial charge in [0.1, 0.15) is 0 Å². The second-order valence-electron chi connectivity index (χ2n) is 5.12. The van der Waals surface area contributed by atoms with Crippen LogP contribution in [0.5, 0.6) is 0 Å². The molecule has 4 nitrogen and oxygen atoms in total. The van der Waals surface area contributed by atoms with Gasteiger partial charge in [0.2, 0.25) is 0 Å². The number of aliphatic hydroxyl groups excluding tert-OH is 1. The summed E-state index contributed by atoms with van der Waals surface area (Å²) in [6.07, 6.45) is -0.478. The van der Waals surface area contributed by atoms with Crippen LogP contribution in [0.15, 0.2) is 24.3 Å². The molecule has 1 atom stereocenters. The Morgan fingerprint density at radius 1 is 1.00 bits per heavy atom. The second kappa shape index (κ2) is 10.7. The van der Waals surface area contributed by atoms with Crippen molar-refractivity contribution in [1.82, 2.24) is 4.90 Å². The van der Waals surface area contributed by atoms with Crippen molar-refractivity contribution in [3.8, 4) is 0 Å². The summed E-state index contributed by atoms with van der Waals surface area (Å²) in [6.45, 7) is 11.1. The number of rotatable bonds is 11. The first kappa shape index (κ1) is 18.1. The summed E-state index contributed by atoms with van der Waals surface area (Å²) in [5.41, 5.74) is 2.16. The predicted molar refractivity (Wildman–Crippen MR) is 85.6 cm³/mol. The molecule has 0 spiro atoms. The predicted octanol–water partition coefficient (Wildman–Crippen LogP) is 2.40. The number of ether oxygens (including phenoxy) is 2. The van der Waals surface area contributed by atoms with Crippen LogP contribution in [0.3, 0.4) is 0 Å². The third-order valence-corrected chi connectivity index (χ3v) is 3.41. The van der Waals surface area contributed by atoms with E-state index in [1.54, 1.807) is 0 Å². The molecule has 0 saturated carbocycles. The Bertz CT molecular complexity index is 357. The topological polar surface area (TPSA) is 41.9 Å². The van der Waals surface area contributed by atoms with Crippen molar-refractivity contribution < 1.29 is 14.6 Å². The molecule has 1 unspecified atom stereocenters. The van der Waals surface area contributed by atoms with Gasteiger partial charge in [-0.05, 0) is 26.3 Å². The van der Waals surface area contributed by atoms with Gasteiger partial charge in [0.15, 0.2) is 0 Å². The van der Waals surface area contributed by atoms with Crippen molar-refractivity contribution in [3.05, 3.63) is 35.4 Å². The van der Waals surface area contributed by atoms with E-state index in [2.05, 4.69) is 4.90 Å². The van der Waals surface area contributed by atoms with E-state index in [9.17, 15) is 5.11 Å². The van der Waals surface area contributed by atoms with E-state index < -0.39 is 6.10 Å². The zero-order valence-corrected chi connectivity index (χ0v) is 13.5. The van der Waals surface area contributed by atoms with Gasteiger partial charge in [0, 0.05) is 32.8 Å². The monoisotopic (exact) mass is 295 g/mol. The van der Waals surface area contributed by atoms with Crippen LogP contribution in [0.4, 0.5) is 0 Å². The zero-order valence-electron chi connectivity index (χ0n) is 13.5. The molecule has 0 amide bonds. The largest absolute Gasteiger partial charge is 0.387 e. The van der Waals surface area contributed by atoms with Gasteiger partial charge in [-0.3, -0.25) is 4.90 Å². The standard InChI is InChI=1S/C17H29NO3/c1-4-20-12-10-18(11-13-21-5-2)14-17(19)16-8-6-15(3)7-9-16/h6-9,17,19H,4-5,10-14H2,1-3H3. The van der Waals surface area contributed by atoms with Crippen LogP contribution in [0.25, 0.3) is 0 Å². The highest BCUT2D eigenvalue weighted by Crippen LogP contribution is 2.15. The highest BCUT2D eigenvalue weighted by Gasteiger charge is 2.13. The first-order valence-corrected chi connectivity index (χ1v) is 7.79. The van der Waals surface area contributed by atoms with Crippen molar-refractivity contribution in [2.75, 3.05) is 46.1 Å². The van der Waals surface area contributed by atoms with Crippen LogP contribution in [-0.4, -0.2) is 56.1 Å². The fourth-order valence-corrected chi connectivity index (χ4v) is 2.11. The minimum absolute atomic E-state index is 0.478. The van der Waals surface area contributed by atoms with Crippen molar-refractivity contribution in [1.29, 1.82) is 0 Å². The number of benzene rings is 1. The van der Waals surface area contributed by atoms with Gasteiger partial charge in [-0.25, -0.2) is 0 Å². The molecular formula is C17H29NO3. The smallest absolute Gasteiger partial charge is 0.0916 e. The van der Waals surface area contributed by atoms with E-state index in [-0.39, 0.29) is 0 Å². The Balaban J connectivity index is 2.49. The molecule has 1 rings (SSSR count). The molecule has 0 heterocycles. The fraction of sp³-hybridized carbons (Fsp3) is 0.647. The average Bonchev–Trinajstić information content (AvgIpc) is 2.48. The molecule has 120 valence electrons. The van der Waals surface area contributed by atoms with Crippen molar-refractivity contribution in [2.45, 2.75) is 26.9 Å². The molecule has 1 aromatic carbocycles. The van der Waals surface area contributed by atoms with Crippen molar-refractivity contribution in [2.24, 2.45) is 0 Å². The minimum Gasteiger partial charge on any atom is -0.387 e. The Hall–Kier alpha value is -0.940. The van der Waals surface area contributed by atoms with E-state index in [0.717, 1.165) is 31.9 Å². The summed E-state index contributed by atoms with van der Waals surface area (Å²) in [5.74, 6) is 0. The van der Waals surface area contributed by atoms with Crippen LogP contribution in [-0.2, 0) is 9.47 Å². The minimum atomic E-state index is -0.478. The summed E-state index contributed by atoms with van der Waals surface area (Å²) >= 11 is 0. The molecule has 0 radical (unpaired) electrons. The van der Waals surface area contributed by atoms with Gasteiger partial charge in [0.05, 0.1) is 19.3 Å². The Labute approximate surface area is 128 Å². The van der Waals surface area contributed by atoms with Crippen LogP contribution in [0, 0.1) is 6.92 Å². The van der Waals surface area contributed by atoms with E-state index in [1.165, 1.54) is 5.56 Å². The SMILES string of the molecule is CCOCCN(CCOCC)CC(O)c1ccc(C)cc1. The molecule has 0 fully saturated rings. The van der Waals surface area contributed by atoms with Gasteiger partial charge in [0.25, 0.3) is 0 Å². The first-order valence-electron chi connectivity index (χ1n) is 7.79. The number of nitrogens with zero attached hydrogens (tertiary/aromatic N) is 1. The molecule has 0 bridgehead atoms. The maximum Gasteiger partial charge on any atom is 0.0916 e. The van der Waals surface area contributed by atoms with Crippen LogP contribution in [0.2, 0.25) is 0 Å². The summed E-state index contributed by atoms with van der Waals surface area (Å²) in [7, 11) is 0.